The van der Waals surface area contributed by atoms with Gasteiger partial charge in [0.1, 0.15) is 17.6 Å². The minimum absolute atomic E-state index is 0.256. The van der Waals surface area contributed by atoms with Crippen molar-refractivity contribution in [3.8, 4) is 0 Å². The van der Waals surface area contributed by atoms with Crippen LogP contribution in [0.3, 0.4) is 0 Å². The fourth-order valence-corrected chi connectivity index (χ4v) is 2.95. The quantitative estimate of drug-likeness (QED) is 0.724. The fraction of sp³-hybridized carbons (Fsp3) is 0.733. The average molecular weight is 313 g/mol. The van der Waals surface area contributed by atoms with Gasteiger partial charge < -0.3 is 14.5 Å². The molecule has 1 aromatic rings. The number of aromatic nitrogens is 2. The van der Waals surface area contributed by atoms with Crippen LogP contribution in [0.4, 0.5) is 5.82 Å². The molecule has 0 N–H and O–H groups in total. The Kier molecular flexibility index (Phi) is 5.41. The van der Waals surface area contributed by atoms with Crippen LogP contribution in [0, 0.1) is 0 Å². The Morgan fingerprint density at radius 2 is 2.00 bits per heavy atom. The maximum absolute atomic E-state index is 6.11. The number of hydrogen-bond acceptors (Lipinski definition) is 5. The van der Waals surface area contributed by atoms with Gasteiger partial charge in [-0.1, -0.05) is 11.6 Å². The largest absolute Gasteiger partial charge is 0.374 e. The van der Waals surface area contributed by atoms with Gasteiger partial charge in [-0.15, -0.1) is 0 Å². The minimum atomic E-state index is 0.256. The standard InChI is InChI=1S/C15H25ClN4O/c1-5-21-10-13-17-12(16)9-14(18-13)20(4)11-15(19(2)3)7-6-8-15/h9H,5-8,10-11H2,1-4H3. The minimum Gasteiger partial charge on any atom is -0.374 e. The lowest BCUT2D eigenvalue weighted by Gasteiger charge is -2.49. The van der Waals surface area contributed by atoms with Gasteiger partial charge in [0.05, 0.1) is 0 Å². The van der Waals surface area contributed by atoms with Crippen LogP contribution in [0.5, 0.6) is 0 Å². The van der Waals surface area contributed by atoms with Crippen molar-refractivity contribution in [2.24, 2.45) is 0 Å². The van der Waals surface area contributed by atoms with E-state index in [4.69, 9.17) is 16.3 Å². The van der Waals surface area contributed by atoms with Crippen LogP contribution in [0.15, 0.2) is 6.07 Å². The van der Waals surface area contributed by atoms with Crippen molar-refractivity contribution in [3.63, 3.8) is 0 Å². The molecule has 1 aliphatic rings. The summed E-state index contributed by atoms with van der Waals surface area (Å²) in [6.07, 6.45) is 3.76. The predicted octanol–water partition coefficient (Wildman–Crippen LogP) is 2.59. The fourth-order valence-electron chi connectivity index (χ4n) is 2.76. The SMILES string of the molecule is CCOCc1nc(Cl)cc(N(C)CC2(N(C)C)CCC2)n1. The second-order valence-corrected chi connectivity index (χ2v) is 6.32. The van der Waals surface area contributed by atoms with Crippen LogP contribution in [0.2, 0.25) is 5.15 Å². The molecule has 118 valence electrons. The Morgan fingerprint density at radius 3 is 2.52 bits per heavy atom. The summed E-state index contributed by atoms with van der Waals surface area (Å²) in [5, 5.41) is 0.467. The van der Waals surface area contributed by atoms with Gasteiger partial charge in [-0.05, 0) is 40.3 Å². The molecule has 21 heavy (non-hydrogen) atoms. The van der Waals surface area contributed by atoms with Gasteiger partial charge in [-0.3, -0.25) is 0 Å². The third kappa shape index (κ3) is 3.84. The molecule has 0 aromatic carbocycles. The van der Waals surface area contributed by atoms with E-state index in [0.29, 0.717) is 24.2 Å². The monoisotopic (exact) mass is 312 g/mol. The maximum atomic E-state index is 6.11. The smallest absolute Gasteiger partial charge is 0.158 e. The topological polar surface area (TPSA) is 41.5 Å². The molecule has 0 bridgehead atoms. The summed E-state index contributed by atoms with van der Waals surface area (Å²) in [5.74, 6) is 1.50. The Morgan fingerprint density at radius 1 is 1.29 bits per heavy atom. The highest BCUT2D eigenvalue weighted by Crippen LogP contribution is 2.37. The molecule has 0 unspecified atom stereocenters. The van der Waals surface area contributed by atoms with E-state index in [1.165, 1.54) is 19.3 Å². The Hall–Kier alpha value is -0.910. The third-order valence-corrected chi connectivity index (χ3v) is 4.51. The summed E-state index contributed by atoms with van der Waals surface area (Å²) in [4.78, 5) is 13.3. The summed E-state index contributed by atoms with van der Waals surface area (Å²) in [6.45, 7) is 3.94. The van der Waals surface area contributed by atoms with E-state index in [-0.39, 0.29) is 5.54 Å². The van der Waals surface area contributed by atoms with Crippen molar-refractivity contribution in [2.45, 2.75) is 38.3 Å². The highest BCUT2D eigenvalue weighted by atomic mass is 35.5. The third-order valence-electron chi connectivity index (χ3n) is 4.32. The molecule has 1 aliphatic carbocycles. The molecule has 0 amide bonds. The highest BCUT2D eigenvalue weighted by Gasteiger charge is 2.40. The van der Waals surface area contributed by atoms with Crippen LogP contribution in [-0.4, -0.2) is 54.7 Å². The molecular formula is C15H25ClN4O. The maximum Gasteiger partial charge on any atom is 0.158 e. The summed E-state index contributed by atoms with van der Waals surface area (Å²) in [7, 11) is 6.37. The predicted molar refractivity (Wildman–Crippen MR) is 85.9 cm³/mol. The highest BCUT2D eigenvalue weighted by molar-refractivity contribution is 6.29. The summed E-state index contributed by atoms with van der Waals surface area (Å²) in [5.41, 5.74) is 0.256. The lowest BCUT2D eigenvalue weighted by molar-refractivity contribution is 0.0681. The second-order valence-electron chi connectivity index (χ2n) is 5.93. The number of nitrogens with zero attached hydrogens (tertiary/aromatic N) is 4. The van der Waals surface area contributed by atoms with E-state index in [9.17, 15) is 0 Å². The first-order chi connectivity index (χ1) is 9.97. The summed E-state index contributed by atoms with van der Waals surface area (Å²) >= 11 is 6.11. The van der Waals surface area contributed by atoms with Crippen LogP contribution in [0.1, 0.15) is 32.0 Å². The molecule has 0 saturated heterocycles. The van der Waals surface area contributed by atoms with Crippen molar-refractivity contribution in [1.82, 2.24) is 14.9 Å². The lowest BCUT2D eigenvalue weighted by Crippen LogP contribution is -2.56. The number of anilines is 1. The molecule has 0 aliphatic heterocycles. The molecule has 0 radical (unpaired) electrons. The van der Waals surface area contributed by atoms with Crippen molar-refractivity contribution in [2.75, 3.05) is 39.2 Å². The van der Waals surface area contributed by atoms with Gasteiger partial charge in [0, 0.05) is 31.8 Å². The lowest BCUT2D eigenvalue weighted by atomic mass is 9.75. The first-order valence-electron chi connectivity index (χ1n) is 7.46. The average Bonchev–Trinajstić information content (AvgIpc) is 2.39. The van der Waals surface area contributed by atoms with Crippen LogP contribution < -0.4 is 4.90 Å². The van der Waals surface area contributed by atoms with Gasteiger partial charge in [0.25, 0.3) is 0 Å². The van der Waals surface area contributed by atoms with E-state index in [1.54, 1.807) is 0 Å². The number of halogens is 1. The Labute approximate surface area is 132 Å². The first-order valence-corrected chi connectivity index (χ1v) is 7.84. The molecule has 0 spiro atoms. The number of likely N-dealkylation sites (N-methyl/N-ethyl adjacent to an activating group) is 2. The van der Waals surface area contributed by atoms with Crippen molar-refractivity contribution in [3.05, 3.63) is 17.0 Å². The second kappa shape index (κ2) is 6.90. The van der Waals surface area contributed by atoms with Crippen molar-refractivity contribution < 1.29 is 4.74 Å². The van der Waals surface area contributed by atoms with Crippen LogP contribution in [0.25, 0.3) is 0 Å². The number of rotatable bonds is 7. The van der Waals surface area contributed by atoms with E-state index in [2.05, 4.69) is 40.9 Å². The molecule has 1 aromatic heterocycles. The first kappa shape index (κ1) is 16.5. The van der Waals surface area contributed by atoms with Gasteiger partial charge in [0.2, 0.25) is 0 Å². The zero-order valence-corrected chi connectivity index (χ0v) is 14.2. The van der Waals surface area contributed by atoms with E-state index < -0.39 is 0 Å². The van der Waals surface area contributed by atoms with Gasteiger partial charge in [-0.25, -0.2) is 9.97 Å². The Balaban J connectivity index is 2.11. The van der Waals surface area contributed by atoms with E-state index in [1.807, 2.05) is 13.0 Å². The molecule has 6 heteroatoms. The zero-order valence-electron chi connectivity index (χ0n) is 13.4. The van der Waals surface area contributed by atoms with Crippen LogP contribution in [-0.2, 0) is 11.3 Å². The van der Waals surface area contributed by atoms with Crippen molar-refractivity contribution >= 4 is 17.4 Å². The normalized spacial score (nSPS) is 16.9. The summed E-state index contributed by atoms with van der Waals surface area (Å²) < 4.78 is 5.37. The molecule has 2 rings (SSSR count). The molecule has 0 atom stereocenters. The number of ether oxygens (including phenoxy) is 1. The van der Waals surface area contributed by atoms with Gasteiger partial charge in [-0.2, -0.15) is 0 Å². The molecule has 1 heterocycles. The van der Waals surface area contributed by atoms with Crippen LogP contribution >= 0.6 is 11.6 Å². The van der Waals surface area contributed by atoms with Crippen molar-refractivity contribution in [1.29, 1.82) is 0 Å². The molecule has 1 fully saturated rings. The molecule has 5 nitrogen and oxygen atoms in total. The van der Waals surface area contributed by atoms with Gasteiger partial charge in [0.15, 0.2) is 5.82 Å². The molecule has 1 saturated carbocycles. The van der Waals surface area contributed by atoms with Gasteiger partial charge >= 0.3 is 0 Å². The number of hydrogen-bond donors (Lipinski definition) is 0. The molecular weight excluding hydrogens is 288 g/mol. The zero-order chi connectivity index (χ0) is 15.5. The van der Waals surface area contributed by atoms with E-state index in [0.717, 1.165) is 12.4 Å². The summed E-state index contributed by atoms with van der Waals surface area (Å²) in [6, 6.07) is 1.82. The van der Waals surface area contributed by atoms with E-state index >= 15 is 0 Å². The Bertz CT molecular complexity index is 477.